The molecule has 1 aliphatic heterocycles. The van der Waals surface area contributed by atoms with Gasteiger partial charge >= 0.3 is 0 Å². The lowest BCUT2D eigenvalue weighted by atomic mass is 10.1. The van der Waals surface area contributed by atoms with E-state index in [4.69, 9.17) is 0 Å². The smallest absolute Gasteiger partial charge is 0.287 e. The van der Waals surface area contributed by atoms with Crippen molar-refractivity contribution in [1.82, 2.24) is 5.32 Å². The number of hydrogen-bond acceptors (Lipinski definition) is 4. The van der Waals surface area contributed by atoms with Crippen LogP contribution in [-0.4, -0.2) is 23.9 Å². The Labute approximate surface area is 109 Å². The average molecular weight is 263 g/mol. The van der Waals surface area contributed by atoms with Crippen LogP contribution < -0.4 is 5.32 Å². The lowest BCUT2D eigenvalue weighted by Gasteiger charge is -2.15. The first kappa shape index (κ1) is 12.6. The summed E-state index contributed by atoms with van der Waals surface area (Å²) in [7, 11) is 0. The maximum atomic E-state index is 11.8. The lowest BCUT2D eigenvalue weighted by Crippen LogP contribution is -2.40. The molecule has 6 heteroatoms. The summed E-state index contributed by atoms with van der Waals surface area (Å²) in [5.41, 5.74) is 1.20. The molecule has 2 amide bonds. The van der Waals surface area contributed by atoms with Gasteiger partial charge in [0.2, 0.25) is 0 Å². The number of rotatable bonds is 4. The first-order valence-electron chi connectivity index (χ1n) is 5.59. The zero-order valence-electron chi connectivity index (χ0n) is 9.87. The second-order valence-electron chi connectivity index (χ2n) is 4.10. The van der Waals surface area contributed by atoms with E-state index in [1.54, 1.807) is 11.3 Å². The van der Waals surface area contributed by atoms with E-state index in [1.165, 1.54) is 17.7 Å². The molecule has 94 valence electrons. The Morgan fingerprint density at radius 2 is 2.44 bits per heavy atom. The van der Waals surface area contributed by atoms with Crippen LogP contribution in [0.1, 0.15) is 12.5 Å². The number of thiophene rings is 1. The Bertz CT molecular complexity index is 477. The number of amides is 2. The van der Waals surface area contributed by atoms with Crippen LogP contribution in [0.2, 0.25) is 0 Å². The van der Waals surface area contributed by atoms with E-state index >= 15 is 0 Å². The quantitative estimate of drug-likeness (QED) is 0.898. The Morgan fingerprint density at radius 1 is 1.61 bits per heavy atom. The van der Waals surface area contributed by atoms with Crippen molar-refractivity contribution < 1.29 is 9.59 Å². The van der Waals surface area contributed by atoms with Crippen LogP contribution >= 0.6 is 11.3 Å². The van der Waals surface area contributed by atoms with Crippen LogP contribution in [0.15, 0.2) is 39.2 Å². The van der Waals surface area contributed by atoms with Gasteiger partial charge in [0, 0.05) is 12.1 Å². The molecule has 18 heavy (non-hydrogen) atoms. The molecule has 5 nitrogen and oxygen atoms in total. The van der Waals surface area contributed by atoms with E-state index in [0.29, 0.717) is 0 Å². The van der Waals surface area contributed by atoms with Gasteiger partial charge < -0.3 is 5.32 Å². The molecule has 2 heterocycles. The van der Waals surface area contributed by atoms with Gasteiger partial charge in [-0.25, -0.2) is 0 Å². The third kappa shape index (κ3) is 3.33. The fraction of sp³-hybridized carbons (Fsp3) is 0.333. The molecule has 2 atom stereocenters. The first-order chi connectivity index (χ1) is 8.65. The molecular weight excluding hydrogens is 250 g/mol. The van der Waals surface area contributed by atoms with Gasteiger partial charge in [-0.1, -0.05) is 0 Å². The zero-order valence-corrected chi connectivity index (χ0v) is 10.7. The minimum absolute atomic E-state index is 0.0216. The van der Waals surface area contributed by atoms with Crippen molar-refractivity contribution in [3.05, 3.63) is 34.5 Å². The average Bonchev–Trinajstić information content (AvgIpc) is 2.82. The van der Waals surface area contributed by atoms with Crippen LogP contribution in [0.4, 0.5) is 0 Å². The molecule has 0 radical (unpaired) electrons. The van der Waals surface area contributed by atoms with Gasteiger partial charge in [-0.05, 0) is 41.8 Å². The molecule has 0 saturated carbocycles. The Kier molecular flexibility index (Phi) is 3.99. The molecular formula is C12H13N3O2S. The Hall–Kier alpha value is -1.82. The van der Waals surface area contributed by atoms with Crippen molar-refractivity contribution in [2.24, 2.45) is 10.2 Å². The number of azo groups is 1. The van der Waals surface area contributed by atoms with E-state index in [1.807, 2.05) is 18.4 Å². The van der Waals surface area contributed by atoms with Gasteiger partial charge in [-0.3, -0.25) is 9.59 Å². The van der Waals surface area contributed by atoms with Crippen LogP contribution in [0.3, 0.4) is 0 Å². The summed E-state index contributed by atoms with van der Waals surface area (Å²) in [6, 6.07) is 1.37. The van der Waals surface area contributed by atoms with E-state index in [0.717, 1.165) is 6.42 Å². The molecule has 0 fully saturated rings. The SMILES string of the molecule is CC(Cc1ccsc1)NC(=O)C1C=CC(=O)N=N1. The van der Waals surface area contributed by atoms with Crippen LogP contribution in [-0.2, 0) is 16.0 Å². The third-order valence-corrected chi connectivity index (χ3v) is 3.21. The maximum Gasteiger partial charge on any atom is 0.287 e. The van der Waals surface area contributed by atoms with E-state index in [2.05, 4.69) is 20.9 Å². The number of carbonyl (C=O) groups is 2. The van der Waals surface area contributed by atoms with Gasteiger partial charge in [-0.15, -0.1) is 5.11 Å². The second-order valence-corrected chi connectivity index (χ2v) is 4.88. The molecule has 2 rings (SSSR count). The molecule has 1 N–H and O–H groups in total. The third-order valence-electron chi connectivity index (χ3n) is 2.48. The van der Waals surface area contributed by atoms with E-state index in [9.17, 15) is 9.59 Å². The summed E-state index contributed by atoms with van der Waals surface area (Å²) in [6.07, 6.45) is 3.50. The van der Waals surface area contributed by atoms with Crippen LogP contribution in [0.5, 0.6) is 0 Å². The summed E-state index contributed by atoms with van der Waals surface area (Å²) in [5, 5.41) is 13.9. The fourth-order valence-electron chi connectivity index (χ4n) is 1.65. The highest BCUT2D eigenvalue weighted by Gasteiger charge is 2.19. The highest BCUT2D eigenvalue weighted by atomic mass is 32.1. The number of nitrogens with one attached hydrogen (secondary N) is 1. The largest absolute Gasteiger partial charge is 0.351 e. The molecule has 0 aliphatic carbocycles. The second kappa shape index (κ2) is 5.68. The van der Waals surface area contributed by atoms with Gasteiger partial charge in [0.25, 0.3) is 11.8 Å². The van der Waals surface area contributed by atoms with Gasteiger partial charge in [-0.2, -0.15) is 16.5 Å². The summed E-state index contributed by atoms with van der Waals surface area (Å²) in [4.78, 5) is 22.6. The summed E-state index contributed by atoms with van der Waals surface area (Å²) in [6.45, 7) is 1.93. The number of carbonyl (C=O) groups excluding carboxylic acids is 2. The summed E-state index contributed by atoms with van der Waals surface area (Å²) in [5.74, 6) is -0.657. The zero-order chi connectivity index (χ0) is 13.0. The molecule has 1 aromatic rings. The standard InChI is InChI=1S/C12H13N3O2S/c1-8(6-9-4-5-18-7-9)13-12(17)10-2-3-11(16)15-14-10/h2-5,7-8,10H,6H2,1H3,(H,13,17). The summed E-state index contributed by atoms with van der Waals surface area (Å²) >= 11 is 1.63. The lowest BCUT2D eigenvalue weighted by molar-refractivity contribution is -0.122. The van der Waals surface area contributed by atoms with Gasteiger partial charge in [0.05, 0.1) is 0 Å². The minimum Gasteiger partial charge on any atom is -0.351 e. The topological polar surface area (TPSA) is 70.9 Å². The van der Waals surface area contributed by atoms with Crippen molar-refractivity contribution in [2.45, 2.75) is 25.4 Å². The van der Waals surface area contributed by atoms with E-state index in [-0.39, 0.29) is 11.9 Å². The minimum atomic E-state index is -0.687. The van der Waals surface area contributed by atoms with Crippen molar-refractivity contribution in [3.8, 4) is 0 Å². The highest BCUT2D eigenvalue weighted by Crippen LogP contribution is 2.09. The molecule has 0 bridgehead atoms. The van der Waals surface area contributed by atoms with Crippen molar-refractivity contribution in [1.29, 1.82) is 0 Å². The Morgan fingerprint density at radius 3 is 3.06 bits per heavy atom. The maximum absolute atomic E-state index is 11.8. The molecule has 0 saturated heterocycles. The number of hydrogen-bond donors (Lipinski definition) is 1. The monoisotopic (exact) mass is 263 g/mol. The van der Waals surface area contributed by atoms with Crippen LogP contribution in [0.25, 0.3) is 0 Å². The van der Waals surface area contributed by atoms with Crippen molar-refractivity contribution in [2.75, 3.05) is 0 Å². The molecule has 1 aromatic heterocycles. The molecule has 2 unspecified atom stereocenters. The predicted molar refractivity (Wildman–Crippen MR) is 68.4 cm³/mol. The fourth-order valence-corrected chi connectivity index (χ4v) is 2.33. The highest BCUT2D eigenvalue weighted by molar-refractivity contribution is 7.07. The van der Waals surface area contributed by atoms with E-state index < -0.39 is 11.9 Å². The van der Waals surface area contributed by atoms with Crippen LogP contribution in [0, 0.1) is 0 Å². The Balaban J connectivity index is 1.86. The molecule has 1 aliphatic rings. The molecule has 0 spiro atoms. The predicted octanol–water partition coefficient (Wildman–Crippen LogP) is 1.71. The molecule has 0 aromatic carbocycles. The van der Waals surface area contributed by atoms with Gasteiger partial charge in [0.1, 0.15) is 0 Å². The normalized spacial score (nSPS) is 19.8. The van der Waals surface area contributed by atoms with Crippen molar-refractivity contribution >= 4 is 23.2 Å². The van der Waals surface area contributed by atoms with Gasteiger partial charge in [0.15, 0.2) is 6.04 Å². The van der Waals surface area contributed by atoms with Crippen molar-refractivity contribution in [3.63, 3.8) is 0 Å². The first-order valence-corrected chi connectivity index (χ1v) is 6.54. The summed E-state index contributed by atoms with van der Waals surface area (Å²) < 4.78 is 0. The number of nitrogens with zero attached hydrogens (tertiary/aromatic N) is 2.